The van der Waals surface area contributed by atoms with E-state index in [9.17, 15) is 0 Å². The van der Waals surface area contributed by atoms with Gasteiger partial charge in [0.25, 0.3) is 0 Å². The highest BCUT2D eigenvalue weighted by molar-refractivity contribution is 6.60. The lowest BCUT2D eigenvalue weighted by atomic mass is 9.81. The Morgan fingerprint density at radius 2 is 1.75 bits per heavy atom. The van der Waals surface area contributed by atoms with Crippen molar-refractivity contribution >= 4 is 8.80 Å². The molecule has 3 N–H and O–H groups in total. The van der Waals surface area contributed by atoms with Gasteiger partial charge in [-0.05, 0) is 57.2 Å². The molecule has 0 amide bonds. The zero-order valence-corrected chi connectivity index (χ0v) is 14.3. The van der Waals surface area contributed by atoms with Crippen LogP contribution in [-0.2, 0) is 13.3 Å². The van der Waals surface area contributed by atoms with Crippen LogP contribution in [0.4, 0.5) is 0 Å². The minimum Gasteiger partial charge on any atom is -0.377 e. The van der Waals surface area contributed by atoms with E-state index >= 15 is 0 Å². The monoisotopic (exact) mass is 304 g/mol. The fourth-order valence-electron chi connectivity index (χ4n) is 3.09. The highest BCUT2D eigenvalue weighted by atomic mass is 28.4. The van der Waals surface area contributed by atoms with Crippen molar-refractivity contribution in [3.05, 3.63) is 0 Å². The van der Waals surface area contributed by atoms with Crippen molar-refractivity contribution in [3.63, 3.8) is 0 Å². The molecule has 0 aromatic rings. The van der Waals surface area contributed by atoms with Crippen LogP contribution in [0.3, 0.4) is 0 Å². The number of hydrogen-bond donors (Lipinski definition) is 2. The third-order valence-corrected chi connectivity index (χ3v) is 7.26. The average Bonchev–Trinajstić information content (AvgIpc) is 2.52. The third kappa shape index (κ3) is 5.79. The zero-order valence-electron chi connectivity index (χ0n) is 13.3. The third-order valence-electron chi connectivity index (χ3n) is 4.43. The normalized spacial score (nSPS) is 24.0. The second-order valence-corrected chi connectivity index (χ2v) is 8.83. The molecule has 1 aliphatic rings. The second-order valence-electron chi connectivity index (χ2n) is 5.74. The first kappa shape index (κ1) is 18.1. The summed E-state index contributed by atoms with van der Waals surface area (Å²) in [5.74, 6) is 1.54. The fourth-order valence-corrected chi connectivity index (χ4v) is 4.82. The molecule has 120 valence electrons. The van der Waals surface area contributed by atoms with Crippen LogP contribution in [0, 0.1) is 11.8 Å². The molecule has 1 rings (SSSR count). The van der Waals surface area contributed by atoms with Gasteiger partial charge in [-0.2, -0.15) is 0 Å². The first-order chi connectivity index (χ1) is 9.69. The van der Waals surface area contributed by atoms with Gasteiger partial charge in [-0.3, -0.25) is 0 Å². The SMILES string of the molecule is CO[Si](CCCNCC1CCCC(CN)C1)(OC)OC. The van der Waals surface area contributed by atoms with E-state index in [-0.39, 0.29) is 0 Å². The van der Waals surface area contributed by atoms with E-state index in [1.165, 1.54) is 25.7 Å². The van der Waals surface area contributed by atoms with Gasteiger partial charge in [-0.25, -0.2) is 0 Å². The molecule has 2 unspecified atom stereocenters. The Morgan fingerprint density at radius 1 is 1.10 bits per heavy atom. The number of nitrogens with one attached hydrogen (secondary N) is 1. The molecule has 20 heavy (non-hydrogen) atoms. The van der Waals surface area contributed by atoms with Crippen LogP contribution < -0.4 is 11.1 Å². The molecule has 1 aliphatic carbocycles. The van der Waals surface area contributed by atoms with Crippen LogP contribution in [0.2, 0.25) is 6.04 Å². The van der Waals surface area contributed by atoms with Gasteiger partial charge in [0.15, 0.2) is 0 Å². The Hall–Kier alpha value is 0.0169. The van der Waals surface area contributed by atoms with E-state index in [0.717, 1.165) is 43.9 Å². The van der Waals surface area contributed by atoms with Crippen molar-refractivity contribution in [2.75, 3.05) is 41.0 Å². The van der Waals surface area contributed by atoms with Gasteiger partial charge in [0.05, 0.1) is 0 Å². The first-order valence-corrected chi connectivity index (χ1v) is 9.69. The van der Waals surface area contributed by atoms with E-state index in [1.54, 1.807) is 21.3 Å². The van der Waals surface area contributed by atoms with Gasteiger partial charge in [-0.15, -0.1) is 0 Å². The summed E-state index contributed by atoms with van der Waals surface area (Å²) in [6, 6.07) is 0.861. The summed E-state index contributed by atoms with van der Waals surface area (Å²) < 4.78 is 16.2. The number of nitrogens with two attached hydrogens (primary N) is 1. The van der Waals surface area contributed by atoms with Crippen molar-refractivity contribution < 1.29 is 13.3 Å². The molecular weight excluding hydrogens is 272 g/mol. The van der Waals surface area contributed by atoms with Gasteiger partial charge < -0.3 is 24.3 Å². The van der Waals surface area contributed by atoms with Gasteiger partial charge in [0.1, 0.15) is 0 Å². The minimum absolute atomic E-state index is 0.742. The summed E-state index contributed by atoms with van der Waals surface area (Å²) in [5, 5.41) is 3.56. The Kier molecular flexibility index (Phi) is 8.91. The van der Waals surface area contributed by atoms with Crippen molar-refractivity contribution in [2.45, 2.75) is 38.1 Å². The van der Waals surface area contributed by atoms with Gasteiger partial charge >= 0.3 is 8.80 Å². The summed E-state index contributed by atoms with van der Waals surface area (Å²) in [7, 11) is 2.62. The maximum atomic E-state index is 5.78. The quantitative estimate of drug-likeness (QED) is 0.474. The molecule has 0 bridgehead atoms. The molecule has 0 aliphatic heterocycles. The summed E-state index contributed by atoms with van der Waals surface area (Å²) >= 11 is 0. The van der Waals surface area contributed by atoms with E-state index < -0.39 is 8.80 Å². The maximum Gasteiger partial charge on any atom is 0.500 e. The predicted octanol–water partition coefficient (Wildman–Crippen LogP) is 1.61. The van der Waals surface area contributed by atoms with Gasteiger partial charge in [-0.1, -0.05) is 6.42 Å². The minimum atomic E-state index is -2.38. The van der Waals surface area contributed by atoms with Crippen molar-refractivity contribution in [1.82, 2.24) is 5.32 Å². The lowest BCUT2D eigenvalue weighted by Crippen LogP contribution is -2.43. The fraction of sp³-hybridized carbons (Fsp3) is 1.00. The zero-order chi connectivity index (χ0) is 14.8. The van der Waals surface area contributed by atoms with E-state index in [2.05, 4.69) is 5.32 Å². The summed E-state index contributed by atoms with van der Waals surface area (Å²) in [6.45, 7) is 2.95. The van der Waals surface area contributed by atoms with E-state index in [4.69, 9.17) is 19.0 Å². The number of rotatable bonds is 10. The highest BCUT2D eigenvalue weighted by Crippen LogP contribution is 2.27. The molecule has 1 fully saturated rings. The van der Waals surface area contributed by atoms with Crippen molar-refractivity contribution in [2.24, 2.45) is 17.6 Å². The molecular formula is C14H32N2O3Si. The van der Waals surface area contributed by atoms with Crippen LogP contribution in [0.1, 0.15) is 32.1 Å². The molecule has 1 saturated carbocycles. The lowest BCUT2D eigenvalue weighted by Gasteiger charge is -2.28. The Balaban J connectivity index is 2.12. The van der Waals surface area contributed by atoms with Crippen LogP contribution >= 0.6 is 0 Å². The molecule has 0 saturated heterocycles. The predicted molar refractivity (Wildman–Crippen MR) is 83.6 cm³/mol. The summed E-state index contributed by atoms with van der Waals surface area (Å²) in [6.07, 6.45) is 6.31. The molecule has 6 heteroatoms. The first-order valence-electron chi connectivity index (χ1n) is 7.76. The molecule has 0 heterocycles. The van der Waals surface area contributed by atoms with Crippen LogP contribution in [0.5, 0.6) is 0 Å². The van der Waals surface area contributed by atoms with Crippen LogP contribution in [-0.4, -0.2) is 49.8 Å². The molecule has 0 aromatic carbocycles. The molecule has 2 atom stereocenters. The molecule has 5 nitrogen and oxygen atoms in total. The van der Waals surface area contributed by atoms with Gasteiger partial charge in [0, 0.05) is 27.4 Å². The number of hydrogen-bond acceptors (Lipinski definition) is 5. The Bertz CT molecular complexity index is 244. The van der Waals surface area contributed by atoms with Crippen LogP contribution in [0.15, 0.2) is 0 Å². The Morgan fingerprint density at radius 3 is 2.35 bits per heavy atom. The van der Waals surface area contributed by atoms with Crippen molar-refractivity contribution in [1.29, 1.82) is 0 Å². The lowest BCUT2D eigenvalue weighted by molar-refractivity contribution is 0.123. The summed E-state index contributed by atoms with van der Waals surface area (Å²) in [4.78, 5) is 0. The topological polar surface area (TPSA) is 65.7 Å². The molecule has 0 spiro atoms. The Labute approximate surface area is 124 Å². The van der Waals surface area contributed by atoms with E-state index in [1.807, 2.05) is 0 Å². The second kappa shape index (κ2) is 9.86. The average molecular weight is 305 g/mol. The standard InChI is InChI=1S/C14H32N2O3Si/c1-17-20(18-2,19-3)9-5-8-16-12-14-7-4-6-13(10-14)11-15/h13-14,16H,4-12,15H2,1-3H3. The van der Waals surface area contributed by atoms with Crippen molar-refractivity contribution in [3.8, 4) is 0 Å². The summed E-state index contributed by atoms with van der Waals surface area (Å²) in [5.41, 5.74) is 5.78. The van der Waals surface area contributed by atoms with Crippen LogP contribution in [0.25, 0.3) is 0 Å². The highest BCUT2D eigenvalue weighted by Gasteiger charge is 2.36. The smallest absolute Gasteiger partial charge is 0.377 e. The molecule has 0 radical (unpaired) electrons. The van der Waals surface area contributed by atoms with E-state index in [0.29, 0.717) is 0 Å². The van der Waals surface area contributed by atoms with Gasteiger partial charge in [0.2, 0.25) is 0 Å². The maximum absolute atomic E-state index is 5.78. The largest absolute Gasteiger partial charge is 0.500 e. The molecule has 0 aromatic heterocycles.